The molecular weight excluding hydrogens is 256 g/mol. The highest BCUT2D eigenvalue weighted by Crippen LogP contribution is 2.30. The van der Waals surface area contributed by atoms with E-state index in [1.807, 2.05) is 11.8 Å². The number of carboxylic acids is 1. The van der Waals surface area contributed by atoms with Gasteiger partial charge in [0.25, 0.3) is 0 Å². The van der Waals surface area contributed by atoms with Crippen LogP contribution >= 0.6 is 0 Å². The SMILES string of the molecule is CCN(C(=O)N(CC(=O)O)CC1CC1)C1CCCCC1. The maximum absolute atomic E-state index is 12.7. The zero-order valence-corrected chi connectivity index (χ0v) is 12.4. The third-order valence-corrected chi connectivity index (χ3v) is 4.37. The van der Waals surface area contributed by atoms with Gasteiger partial charge in [-0.05, 0) is 38.5 Å². The molecule has 2 aliphatic carbocycles. The Morgan fingerprint density at radius 3 is 2.25 bits per heavy atom. The molecule has 1 N–H and O–H groups in total. The van der Waals surface area contributed by atoms with E-state index in [-0.39, 0.29) is 12.6 Å². The van der Waals surface area contributed by atoms with Crippen molar-refractivity contribution in [1.29, 1.82) is 0 Å². The predicted molar refractivity (Wildman–Crippen MR) is 76.6 cm³/mol. The number of nitrogens with zero attached hydrogens (tertiary/aromatic N) is 2. The first-order valence-corrected chi connectivity index (χ1v) is 7.89. The lowest BCUT2D eigenvalue weighted by Crippen LogP contribution is -2.50. The van der Waals surface area contributed by atoms with Gasteiger partial charge in [0.15, 0.2) is 0 Å². The van der Waals surface area contributed by atoms with Crippen LogP contribution in [-0.4, -0.2) is 52.6 Å². The quantitative estimate of drug-likeness (QED) is 0.814. The van der Waals surface area contributed by atoms with Crippen LogP contribution in [0.5, 0.6) is 0 Å². The fourth-order valence-corrected chi connectivity index (χ4v) is 3.11. The molecule has 0 spiro atoms. The fraction of sp³-hybridized carbons (Fsp3) is 0.867. The zero-order valence-electron chi connectivity index (χ0n) is 12.4. The Morgan fingerprint density at radius 1 is 1.10 bits per heavy atom. The van der Waals surface area contributed by atoms with Crippen molar-refractivity contribution in [2.24, 2.45) is 5.92 Å². The van der Waals surface area contributed by atoms with E-state index in [1.165, 1.54) is 24.2 Å². The molecule has 0 aliphatic heterocycles. The average Bonchev–Trinajstić information content (AvgIpc) is 3.23. The minimum absolute atomic E-state index is 0.0753. The van der Waals surface area contributed by atoms with Gasteiger partial charge in [-0.3, -0.25) is 4.79 Å². The van der Waals surface area contributed by atoms with Crippen molar-refractivity contribution in [3.63, 3.8) is 0 Å². The molecule has 0 aromatic carbocycles. The van der Waals surface area contributed by atoms with Gasteiger partial charge < -0.3 is 14.9 Å². The molecule has 114 valence electrons. The van der Waals surface area contributed by atoms with Crippen LogP contribution in [0.4, 0.5) is 4.79 Å². The number of carbonyl (C=O) groups excluding carboxylic acids is 1. The van der Waals surface area contributed by atoms with Crippen LogP contribution in [0.15, 0.2) is 0 Å². The van der Waals surface area contributed by atoms with E-state index < -0.39 is 5.97 Å². The number of urea groups is 1. The first-order valence-electron chi connectivity index (χ1n) is 7.89. The van der Waals surface area contributed by atoms with Crippen molar-refractivity contribution in [2.75, 3.05) is 19.6 Å². The van der Waals surface area contributed by atoms with Crippen molar-refractivity contribution < 1.29 is 14.7 Å². The van der Waals surface area contributed by atoms with E-state index in [9.17, 15) is 9.59 Å². The maximum Gasteiger partial charge on any atom is 0.323 e. The number of aliphatic carboxylic acids is 1. The Bertz CT molecular complexity index is 349. The summed E-state index contributed by atoms with van der Waals surface area (Å²) in [5.74, 6) is -0.401. The molecule has 0 saturated heterocycles. The van der Waals surface area contributed by atoms with Gasteiger partial charge in [-0.15, -0.1) is 0 Å². The molecule has 0 radical (unpaired) electrons. The summed E-state index contributed by atoms with van der Waals surface area (Å²) in [5.41, 5.74) is 0. The molecule has 0 aromatic heterocycles. The van der Waals surface area contributed by atoms with Crippen molar-refractivity contribution in [2.45, 2.75) is 57.9 Å². The summed E-state index contributed by atoms with van der Waals surface area (Å²) in [7, 11) is 0. The Morgan fingerprint density at radius 2 is 1.75 bits per heavy atom. The highest BCUT2D eigenvalue weighted by molar-refractivity contribution is 5.80. The van der Waals surface area contributed by atoms with Gasteiger partial charge in [0.2, 0.25) is 0 Å². The lowest BCUT2D eigenvalue weighted by atomic mass is 9.94. The Labute approximate surface area is 120 Å². The minimum Gasteiger partial charge on any atom is -0.480 e. The van der Waals surface area contributed by atoms with E-state index in [2.05, 4.69) is 0 Å². The third kappa shape index (κ3) is 4.12. The number of amides is 2. The van der Waals surface area contributed by atoms with E-state index in [0.29, 0.717) is 25.0 Å². The van der Waals surface area contributed by atoms with E-state index in [1.54, 1.807) is 0 Å². The Kier molecular flexibility index (Phi) is 5.26. The van der Waals surface area contributed by atoms with E-state index >= 15 is 0 Å². The summed E-state index contributed by atoms with van der Waals surface area (Å²) < 4.78 is 0. The summed E-state index contributed by atoms with van der Waals surface area (Å²) in [6.45, 7) is 3.10. The Hall–Kier alpha value is -1.26. The first kappa shape index (κ1) is 15.1. The standard InChI is InChI=1S/C15H26N2O3/c1-2-17(13-6-4-3-5-7-13)15(20)16(11-14(18)19)10-12-8-9-12/h12-13H,2-11H2,1H3,(H,18,19). The molecule has 2 aliphatic rings. The molecule has 0 unspecified atom stereocenters. The van der Waals surface area contributed by atoms with Gasteiger partial charge in [0.1, 0.15) is 6.54 Å². The summed E-state index contributed by atoms with van der Waals surface area (Å²) in [6, 6.07) is 0.227. The monoisotopic (exact) mass is 282 g/mol. The van der Waals surface area contributed by atoms with E-state index in [0.717, 1.165) is 25.7 Å². The molecule has 2 fully saturated rings. The fourth-order valence-electron chi connectivity index (χ4n) is 3.11. The predicted octanol–water partition coefficient (Wildman–Crippen LogP) is 2.56. The molecule has 5 heteroatoms. The topological polar surface area (TPSA) is 60.9 Å². The molecular formula is C15H26N2O3. The summed E-state index contributed by atoms with van der Waals surface area (Å²) in [5, 5.41) is 9.02. The summed E-state index contributed by atoms with van der Waals surface area (Å²) in [4.78, 5) is 27.1. The molecule has 0 heterocycles. The van der Waals surface area contributed by atoms with Gasteiger partial charge >= 0.3 is 12.0 Å². The second kappa shape index (κ2) is 6.95. The van der Waals surface area contributed by atoms with Crippen LogP contribution in [0.1, 0.15) is 51.9 Å². The van der Waals surface area contributed by atoms with Crippen molar-refractivity contribution >= 4 is 12.0 Å². The maximum atomic E-state index is 12.7. The number of hydrogen-bond donors (Lipinski definition) is 1. The van der Waals surface area contributed by atoms with Crippen molar-refractivity contribution in [1.82, 2.24) is 9.80 Å². The number of carbonyl (C=O) groups is 2. The largest absolute Gasteiger partial charge is 0.480 e. The van der Waals surface area contributed by atoms with Gasteiger partial charge in [-0.25, -0.2) is 4.79 Å². The van der Waals surface area contributed by atoms with Crippen LogP contribution in [0, 0.1) is 5.92 Å². The smallest absolute Gasteiger partial charge is 0.323 e. The van der Waals surface area contributed by atoms with Crippen molar-refractivity contribution in [3.05, 3.63) is 0 Å². The van der Waals surface area contributed by atoms with Crippen LogP contribution in [0.25, 0.3) is 0 Å². The van der Waals surface area contributed by atoms with Crippen LogP contribution in [0.3, 0.4) is 0 Å². The molecule has 2 rings (SSSR count). The van der Waals surface area contributed by atoms with Crippen molar-refractivity contribution in [3.8, 4) is 0 Å². The molecule has 0 atom stereocenters. The number of rotatable bonds is 6. The van der Waals surface area contributed by atoms with Gasteiger partial charge in [0, 0.05) is 19.1 Å². The van der Waals surface area contributed by atoms with Gasteiger partial charge in [-0.2, -0.15) is 0 Å². The summed E-state index contributed by atoms with van der Waals surface area (Å²) >= 11 is 0. The summed E-state index contributed by atoms with van der Waals surface area (Å²) in [6.07, 6.45) is 7.97. The zero-order chi connectivity index (χ0) is 14.5. The molecule has 2 saturated carbocycles. The molecule has 20 heavy (non-hydrogen) atoms. The molecule has 0 bridgehead atoms. The minimum atomic E-state index is -0.918. The lowest BCUT2D eigenvalue weighted by Gasteiger charge is -2.37. The van der Waals surface area contributed by atoms with Gasteiger partial charge in [0.05, 0.1) is 0 Å². The average molecular weight is 282 g/mol. The third-order valence-electron chi connectivity index (χ3n) is 4.37. The Balaban J connectivity index is 1.99. The molecule has 2 amide bonds. The first-order chi connectivity index (χ1) is 9.61. The number of hydrogen-bond acceptors (Lipinski definition) is 2. The highest BCUT2D eigenvalue weighted by Gasteiger charge is 2.32. The molecule has 5 nitrogen and oxygen atoms in total. The van der Waals surface area contributed by atoms with Crippen LogP contribution in [-0.2, 0) is 4.79 Å². The number of carboxylic acid groups (broad SMARTS) is 1. The highest BCUT2D eigenvalue weighted by atomic mass is 16.4. The second-order valence-corrected chi connectivity index (χ2v) is 6.08. The van der Waals surface area contributed by atoms with Crippen LogP contribution < -0.4 is 0 Å². The van der Waals surface area contributed by atoms with Crippen LogP contribution in [0.2, 0.25) is 0 Å². The van der Waals surface area contributed by atoms with Gasteiger partial charge in [-0.1, -0.05) is 19.3 Å². The second-order valence-electron chi connectivity index (χ2n) is 6.08. The normalized spacial score (nSPS) is 19.6. The molecule has 0 aromatic rings. The van der Waals surface area contributed by atoms with E-state index in [4.69, 9.17) is 5.11 Å². The lowest BCUT2D eigenvalue weighted by molar-refractivity contribution is -0.137.